The van der Waals surface area contributed by atoms with Crippen LogP contribution < -0.4 is 5.32 Å². The van der Waals surface area contributed by atoms with Gasteiger partial charge in [0, 0.05) is 32.0 Å². The van der Waals surface area contributed by atoms with Crippen LogP contribution in [0.2, 0.25) is 0 Å². The predicted octanol–water partition coefficient (Wildman–Crippen LogP) is 2.84. The molecule has 10 nitrogen and oxygen atoms in total. The summed E-state index contributed by atoms with van der Waals surface area (Å²) in [4.78, 5) is 38.8. The van der Waals surface area contributed by atoms with Gasteiger partial charge in [0.05, 0.1) is 13.2 Å². The van der Waals surface area contributed by atoms with E-state index in [1.165, 1.54) is 0 Å². The van der Waals surface area contributed by atoms with Crippen LogP contribution in [0.25, 0.3) is 0 Å². The number of nitrogens with zero attached hydrogens (tertiary/aromatic N) is 5. The number of hydrogen-bond donors (Lipinski definition) is 2. The van der Waals surface area contributed by atoms with E-state index in [1.807, 2.05) is 28.0 Å². The summed E-state index contributed by atoms with van der Waals surface area (Å²) in [5.41, 5.74) is 0. The third-order valence-corrected chi connectivity index (χ3v) is 4.89. The zero-order valence-corrected chi connectivity index (χ0v) is 17.5. The van der Waals surface area contributed by atoms with Crippen molar-refractivity contribution < 1.29 is 32.6 Å². The maximum atomic E-state index is 12.9. The summed E-state index contributed by atoms with van der Waals surface area (Å²) in [5, 5.41) is 10.3. The first-order valence-corrected chi connectivity index (χ1v) is 10.2. The molecule has 4 heterocycles. The van der Waals surface area contributed by atoms with E-state index in [-0.39, 0.29) is 12.1 Å². The molecule has 13 heteroatoms. The molecule has 0 aliphatic carbocycles. The number of carbonyl (C=O) groups is 2. The summed E-state index contributed by atoms with van der Waals surface area (Å²) >= 11 is 0. The van der Waals surface area contributed by atoms with Crippen LogP contribution in [0.15, 0.2) is 36.7 Å². The number of hydrogen-bond acceptors (Lipinski definition) is 7. The number of likely N-dealkylation sites (tertiary alicyclic amines) is 1. The van der Waals surface area contributed by atoms with Gasteiger partial charge >= 0.3 is 18.2 Å². The summed E-state index contributed by atoms with van der Waals surface area (Å²) < 4.78 is 37.3. The molecule has 1 unspecified atom stereocenters. The Hall–Kier alpha value is -3.48. The van der Waals surface area contributed by atoms with Gasteiger partial charge in [0.25, 0.3) is 0 Å². The molecule has 2 amide bonds. The predicted molar refractivity (Wildman–Crippen MR) is 110 cm³/mol. The number of anilines is 2. The molecular weight excluding hydrogens is 445 g/mol. The van der Waals surface area contributed by atoms with Crippen molar-refractivity contribution in [2.75, 3.05) is 38.2 Å². The lowest BCUT2D eigenvalue weighted by atomic mass is 10.2. The van der Waals surface area contributed by atoms with Gasteiger partial charge in [0.2, 0.25) is 0 Å². The van der Waals surface area contributed by atoms with Gasteiger partial charge in [-0.15, -0.1) is 0 Å². The number of aromatic nitrogens is 3. The first-order chi connectivity index (χ1) is 15.8. The van der Waals surface area contributed by atoms with Gasteiger partial charge in [-0.25, -0.2) is 24.5 Å². The molecule has 2 N–H and O–H groups in total. The second kappa shape index (κ2) is 10.9. The Morgan fingerprint density at radius 2 is 1.79 bits per heavy atom. The van der Waals surface area contributed by atoms with Gasteiger partial charge in [-0.3, -0.25) is 0 Å². The molecule has 0 aromatic carbocycles. The first kappa shape index (κ1) is 24.2. The largest absolute Gasteiger partial charge is 0.490 e. The number of carboxylic acids is 1. The molecule has 0 spiro atoms. The number of halogens is 3. The molecule has 2 aromatic rings. The van der Waals surface area contributed by atoms with Gasteiger partial charge in [-0.05, 0) is 31.0 Å². The number of aliphatic carboxylic acids is 1. The number of alkyl halides is 3. The summed E-state index contributed by atoms with van der Waals surface area (Å²) in [7, 11) is 0. The fraction of sp³-hybridized carbons (Fsp3) is 0.450. The standard InChI is InChI=1S/C18H22N6O2.C2HF3O2/c25-18(23-9-3-4-10-23)24-11-12-26-13-14(24)17-20-8-6-16(22-17)21-15-5-1-2-7-19-15;3-2(4,5)1(6)7/h1-2,5-8,14H,3-4,9-13H2,(H,19,20,21,22);(H,6,7). The quantitative estimate of drug-likeness (QED) is 0.706. The molecule has 0 saturated carbocycles. The van der Waals surface area contributed by atoms with Gasteiger partial charge in [-0.1, -0.05) is 6.07 Å². The van der Waals surface area contributed by atoms with Gasteiger partial charge < -0.3 is 25.0 Å². The average Bonchev–Trinajstić information content (AvgIpc) is 3.34. The van der Waals surface area contributed by atoms with Crippen molar-refractivity contribution in [1.29, 1.82) is 0 Å². The lowest BCUT2D eigenvalue weighted by molar-refractivity contribution is -0.192. The zero-order valence-electron chi connectivity index (χ0n) is 17.5. The Morgan fingerprint density at radius 3 is 2.42 bits per heavy atom. The van der Waals surface area contributed by atoms with Gasteiger partial charge in [0.15, 0.2) is 5.82 Å². The van der Waals surface area contributed by atoms with Crippen molar-refractivity contribution in [3.63, 3.8) is 0 Å². The average molecular weight is 468 g/mol. The van der Waals surface area contributed by atoms with Gasteiger partial charge in [-0.2, -0.15) is 13.2 Å². The van der Waals surface area contributed by atoms with E-state index >= 15 is 0 Å². The van der Waals surface area contributed by atoms with E-state index < -0.39 is 12.1 Å². The Balaban J connectivity index is 0.000000383. The number of rotatable bonds is 3. The Kier molecular flexibility index (Phi) is 7.98. The molecule has 2 saturated heterocycles. The molecular formula is C20H23F3N6O4. The third kappa shape index (κ3) is 6.75. The Bertz CT molecular complexity index is 941. The number of carbonyl (C=O) groups excluding carboxylic acids is 1. The second-order valence-electron chi connectivity index (χ2n) is 7.20. The minimum absolute atomic E-state index is 0.0579. The highest BCUT2D eigenvalue weighted by Gasteiger charge is 2.38. The first-order valence-electron chi connectivity index (χ1n) is 10.2. The minimum Gasteiger partial charge on any atom is -0.475 e. The van der Waals surface area contributed by atoms with Crippen LogP contribution in [0.1, 0.15) is 24.7 Å². The lowest BCUT2D eigenvalue weighted by Gasteiger charge is -2.37. The summed E-state index contributed by atoms with van der Waals surface area (Å²) in [6.45, 7) is 3.16. The SMILES string of the molecule is O=C(N1CCCC1)N1CCOCC1c1nccc(Nc2ccccn2)n1.O=C(O)C(F)(F)F. The van der Waals surface area contributed by atoms with Crippen molar-refractivity contribution in [3.8, 4) is 0 Å². The van der Waals surface area contributed by atoms with Crippen molar-refractivity contribution in [3.05, 3.63) is 42.5 Å². The van der Waals surface area contributed by atoms with Gasteiger partial charge in [0.1, 0.15) is 17.7 Å². The van der Waals surface area contributed by atoms with Crippen LogP contribution >= 0.6 is 0 Å². The van der Waals surface area contributed by atoms with E-state index in [9.17, 15) is 18.0 Å². The van der Waals surface area contributed by atoms with Crippen LogP contribution in [0, 0.1) is 0 Å². The molecule has 2 aliphatic heterocycles. The third-order valence-electron chi connectivity index (χ3n) is 4.89. The van der Waals surface area contributed by atoms with Crippen LogP contribution in [0.4, 0.5) is 29.6 Å². The second-order valence-corrected chi connectivity index (χ2v) is 7.20. The molecule has 1 atom stereocenters. The summed E-state index contributed by atoms with van der Waals surface area (Å²) in [6.07, 6.45) is 0.470. The number of morpholine rings is 1. The van der Waals surface area contributed by atoms with E-state index in [1.54, 1.807) is 18.5 Å². The van der Waals surface area contributed by atoms with E-state index in [0.29, 0.717) is 37.2 Å². The molecule has 2 aromatic heterocycles. The lowest BCUT2D eigenvalue weighted by Crippen LogP contribution is -2.49. The molecule has 0 radical (unpaired) electrons. The van der Waals surface area contributed by atoms with Crippen molar-refractivity contribution in [2.24, 2.45) is 0 Å². The number of ether oxygens (including phenoxy) is 1. The Labute approximate surface area is 187 Å². The molecule has 33 heavy (non-hydrogen) atoms. The van der Waals surface area contributed by atoms with Crippen LogP contribution in [-0.2, 0) is 9.53 Å². The number of carboxylic acid groups (broad SMARTS) is 1. The van der Waals surface area contributed by atoms with E-state index in [4.69, 9.17) is 14.6 Å². The van der Waals surface area contributed by atoms with Crippen LogP contribution in [0.5, 0.6) is 0 Å². The fourth-order valence-corrected chi connectivity index (χ4v) is 3.31. The molecule has 2 fully saturated rings. The van der Waals surface area contributed by atoms with Crippen molar-refractivity contribution >= 4 is 23.6 Å². The topological polar surface area (TPSA) is 121 Å². The summed E-state index contributed by atoms with van der Waals surface area (Å²) in [6, 6.07) is 7.20. The zero-order chi connectivity index (χ0) is 23.8. The summed E-state index contributed by atoms with van der Waals surface area (Å²) in [5.74, 6) is -0.819. The molecule has 2 aliphatic rings. The molecule has 0 bridgehead atoms. The number of urea groups is 1. The highest BCUT2D eigenvalue weighted by molar-refractivity contribution is 5.75. The van der Waals surface area contributed by atoms with E-state index in [0.717, 1.165) is 25.9 Å². The maximum absolute atomic E-state index is 12.9. The number of nitrogens with one attached hydrogen (secondary N) is 1. The smallest absolute Gasteiger partial charge is 0.475 e. The minimum atomic E-state index is -5.08. The van der Waals surface area contributed by atoms with Crippen molar-refractivity contribution in [2.45, 2.75) is 25.1 Å². The normalized spacial score (nSPS) is 18.3. The maximum Gasteiger partial charge on any atom is 0.490 e. The Morgan fingerprint density at radius 1 is 1.06 bits per heavy atom. The highest BCUT2D eigenvalue weighted by atomic mass is 19.4. The molecule has 178 valence electrons. The van der Waals surface area contributed by atoms with Crippen molar-refractivity contribution in [1.82, 2.24) is 24.8 Å². The van der Waals surface area contributed by atoms with Crippen LogP contribution in [0.3, 0.4) is 0 Å². The monoisotopic (exact) mass is 468 g/mol. The van der Waals surface area contributed by atoms with E-state index in [2.05, 4.69) is 20.3 Å². The highest BCUT2D eigenvalue weighted by Crippen LogP contribution is 2.25. The molecule has 4 rings (SSSR count). The number of amides is 2. The fourth-order valence-electron chi connectivity index (χ4n) is 3.31. The number of pyridine rings is 1. The van der Waals surface area contributed by atoms with Crippen LogP contribution in [-0.4, -0.2) is 80.9 Å².